The van der Waals surface area contributed by atoms with Crippen LogP contribution in [0, 0.1) is 6.92 Å². The fourth-order valence-corrected chi connectivity index (χ4v) is 3.26. The molecule has 0 radical (unpaired) electrons. The van der Waals surface area contributed by atoms with E-state index in [0.717, 1.165) is 36.7 Å². The Morgan fingerprint density at radius 3 is 2.83 bits per heavy atom. The van der Waals surface area contributed by atoms with E-state index in [-0.39, 0.29) is 6.04 Å². The summed E-state index contributed by atoms with van der Waals surface area (Å²) >= 11 is 0. The molecule has 0 N–H and O–H groups in total. The molecular weight excluding hydrogens is 304 g/mol. The van der Waals surface area contributed by atoms with E-state index in [0.29, 0.717) is 18.9 Å². The molecular formula is C18H20N4O2. The molecule has 1 aliphatic rings. The normalized spacial score (nSPS) is 18.3. The molecule has 2 aromatic heterocycles. The fourth-order valence-electron chi connectivity index (χ4n) is 3.26. The van der Waals surface area contributed by atoms with Gasteiger partial charge < -0.3 is 9.05 Å². The predicted octanol–water partition coefficient (Wildman–Crippen LogP) is 3.29. The van der Waals surface area contributed by atoms with E-state index in [1.165, 1.54) is 5.56 Å². The lowest BCUT2D eigenvalue weighted by Crippen LogP contribution is -2.22. The van der Waals surface area contributed by atoms with Crippen LogP contribution in [0.5, 0.6) is 0 Å². The number of nitrogens with zero attached hydrogens (tertiary/aromatic N) is 4. The zero-order valence-corrected chi connectivity index (χ0v) is 13.7. The van der Waals surface area contributed by atoms with Crippen LogP contribution >= 0.6 is 0 Å². The molecule has 24 heavy (non-hydrogen) atoms. The summed E-state index contributed by atoms with van der Waals surface area (Å²) in [6.07, 6.45) is 2.89. The van der Waals surface area contributed by atoms with E-state index in [4.69, 9.17) is 9.05 Å². The molecule has 4 rings (SSSR count). The van der Waals surface area contributed by atoms with Crippen LogP contribution in [-0.2, 0) is 13.0 Å². The van der Waals surface area contributed by atoms with Crippen LogP contribution in [-0.4, -0.2) is 26.7 Å². The van der Waals surface area contributed by atoms with Crippen molar-refractivity contribution in [1.82, 2.24) is 20.2 Å². The second-order valence-corrected chi connectivity index (χ2v) is 6.27. The third-order valence-corrected chi connectivity index (χ3v) is 4.39. The van der Waals surface area contributed by atoms with Crippen LogP contribution in [0.15, 0.2) is 45.4 Å². The first kappa shape index (κ1) is 15.1. The summed E-state index contributed by atoms with van der Waals surface area (Å²) < 4.78 is 10.9. The number of aromatic nitrogens is 3. The molecule has 0 unspecified atom stereocenters. The number of likely N-dealkylation sites (tertiary alicyclic amines) is 1. The van der Waals surface area contributed by atoms with E-state index in [2.05, 4.69) is 32.3 Å². The highest BCUT2D eigenvalue weighted by atomic mass is 16.5. The van der Waals surface area contributed by atoms with Gasteiger partial charge >= 0.3 is 0 Å². The van der Waals surface area contributed by atoms with Crippen molar-refractivity contribution in [2.24, 2.45) is 0 Å². The highest BCUT2D eigenvalue weighted by Crippen LogP contribution is 2.33. The van der Waals surface area contributed by atoms with Crippen molar-refractivity contribution in [2.75, 3.05) is 6.54 Å². The molecule has 1 aliphatic heterocycles. The number of hydrogen-bond acceptors (Lipinski definition) is 6. The van der Waals surface area contributed by atoms with Gasteiger partial charge in [0, 0.05) is 12.5 Å². The maximum atomic E-state index is 5.44. The average Bonchev–Trinajstić information content (AvgIpc) is 3.31. The lowest BCUT2D eigenvalue weighted by molar-refractivity contribution is 0.183. The van der Waals surface area contributed by atoms with Crippen molar-refractivity contribution in [1.29, 1.82) is 0 Å². The highest BCUT2D eigenvalue weighted by Gasteiger charge is 2.30. The van der Waals surface area contributed by atoms with Crippen molar-refractivity contribution >= 4 is 0 Å². The second kappa shape index (κ2) is 6.57. The molecule has 1 saturated heterocycles. The SMILES string of the molecule is Cc1cc([C@@H]2CCCN2Cc2nc(Cc3ccccc3)no2)on1. The molecule has 6 nitrogen and oxygen atoms in total. The predicted molar refractivity (Wildman–Crippen MR) is 87.2 cm³/mol. The molecule has 6 heteroatoms. The van der Waals surface area contributed by atoms with E-state index in [1.54, 1.807) is 0 Å². The summed E-state index contributed by atoms with van der Waals surface area (Å²) in [6.45, 7) is 3.59. The Kier molecular flexibility index (Phi) is 4.13. The minimum absolute atomic E-state index is 0.246. The first-order valence-electron chi connectivity index (χ1n) is 8.30. The Labute approximate surface area is 140 Å². The van der Waals surface area contributed by atoms with Crippen LogP contribution in [0.25, 0.3) is 0 Å². The Morgan fingerprint density at radius 1 is 1.17 bits per heavy atom. The number of rotatable bonds is 5. The van der Waals surface area contributed by atoms with Crippen molar-refractivity contribution in [2.45, 2.75) is 38.8 Å². The van der Waals surface area contributed by atoms with Gasteiger partial charge in [0.05, 0.1) is 18.3 Å². The van der Waals surface area contributed by atoms with Crippen LogP contribution in [0.1, 0.15) is 47.6 Å². The van der Waals surface area contributed by atoms with E-state index >= 15 is 0 Å². The number of hydrogen-bond donors (Lipinski definition) is 0. The van der Waals surface area contributed by atoms with Gasteiger partial charge in [-0.25, -0.2) is 0 Å². The molecule has 1 fully saturated rings. The van der Waals surface area contributed by atoms with Gasteiger partial charge in [-0.15, -0.1) is 0 Å². The Bertz CT molecular complexity index is 796. The number of benzene rings is 1. The monoisotopic (exact) mass is 324 g/mol. The summed E-state index contributed by atoms with van der Waals surface area (Å²) in [7, 11) is 0. The maximum Gasteiger partial charge on any atom is 0.240 e. The van der Waals surface area contributed by atoms with Crippen molar-refractivity contribution in [3.05, 3.63) is 65.1 Å². The largest absolute Gasteiger partial charge is 0.359 e. The Morgan fingerprint density at radius 2 is 2.04 bits per heavy atom. The third-order valence-electron chi connectivity index (χ3n) is 4.39. The molecule has 0 saturated carbocycles. The molecule has 0 amide bonds. The van der Waals surface area contributed by atoms with Gasteiger partial charge in [0.1, 0.15) is 0 Å². The summed E-state index contributed by atoms with van der Waals surface area (Å²) in [4.78, 5) is 6.86. The van der Waals surface area contributed by atoms with Gasteiger partial charge in [-0.2, -0.15) is 4.98 Å². The zero-order chi connectivity index (χ0) is 16.4. The molecule has 3 aromatic rings. The minimum atomic E-state index is 0.246. The van der Waals surface area contributed by atoms with Crippen LogP contribution in [0.4, 0.5) is 0 Å². The molecule has 0 spiro atoms. The smallest absolute Gasteiger partial charge is 0.240 e. The zero-order valence-electron chi connectivity index (χ0n) is 13.7. The molecule has 0 bridgehead atoms. The Hall–Kier alpha value is -2.47. The summed E-state index contributed by atoms with van der Waals surface area (Å²) in [5.74, 6) is 2.31. The fraction of sp³-hybridized carbons (Fsp3) is 0.389. The molecule has 3 heterocycles. The average molecular weight is 324 g/mol. The summed E-state index contributed by atoms with van der Waals surface area (Å²) in [5.41, 5.74) is 2.10. The summed E-state index contributed by atoms with van der Waals surface area (Å²) in [6, 6.07) is 12.4. The van der Waals surface area contributed by atoms with Crippen molar-refractivity contribution in [3.8, 4) is 0 Å². The van der Waals surface area contributed by atoms with Gasteiger partial charge in [-0.05, 0) is 31.9 Å². The molecule has 0 aliphatic carbocycles. The van der Waals surface area contributed by atoms with Crippen molar-refractivity contribution < 1.29 is 9.05 Å². The highest BCUT2D eigenvalue weighted by molar-refractivity contribution is 5.18. The van der Waals surface area contributed by atoms with Gasteiger partial charge in [-0.3, -0.25) is 4.90 Å². The summed E-state index contributed by atoms with van der Waals surface area (Å²) in [5, 5.41) is 8.11. The quantitative estimate of drug-likeness (QED) is 0.717. The topological polar surface area (TPSA) is 68.2 Å². The molecule has 124 valence electrons. The van der Waals surface area contributed by atoms with Gasteiger partial charge in [0.2, 0.25) is 5.89 Å². The van der Waals surface area contributed by atoms with Crippen LogP contribution in [0.3, 0.4) is 0 Å². The molecule has 1 atom stereocenters. The van der Waals surface area contributed by atoms with Crippen LogP contribution < -0.4 is 0 Å². The standard InChI is InChI=1S/C18H20N4O2/c1-13-10-16(23-20-13)15-8-5-9-22(15)12-18-19-17(21-24-18)11-14-6-3-2-4-7-14/h2-4,6-7,10,15H,5,8-9,11-12H2,1H3/t15-/m0/s1. The maximum absolute atomic E-state index is 5.44. The van der Waals surface area contributed by atoms with E-state index < -0.39 is 0 Å². The van der Waals surface area contributed by atoms with Gasteiger partial charge in [-0.1, -0.05) is 40.6 Å². The van der Waals surface area contributed by atoms with Crippen LogP contribution in [0.2, 0.25) is 0 Å². The van der Waals surface area contributed by atoms with Gasteiger partial charge in [0.25, 0.3) is 0 Å². The first-order chi connectivity index (χ1) is 11.8. The first-order valence-corrected chi connectivity index (χ1v) is 8.30. The van der Waals surface area contributed by atoms with E-state index in [1.807, 2.05) is 31.2 Å². The minimum Gasteiger partial charge on any atom is -0.359 e. The molecule has 1 aromatic carbocycles. The number of aryl methyl sites for hydroxylation is 1. The Balaban J connectivity index is 1.43. The van der Waals surface area contributed by atoms with Gasteiger partial charge in [0.15, 0.2) is 11.6 Å². The van der Waals surface area contributed by atoms with Crippen molar-refractivity contribution in [3.63, 3.8) is 0 Å². The third kappa shape index (κ3) is 3.23. The lowest BCUT2D eigenvalue weighted by atomic mass is 10.1. The second-order valence-electron chi connectivity index (χ2n) is 6.27. The van der Waals surface area contributed by atoms with E-state index in [9.17, 15) is 0 Å². The lowest BCUT2D eigenvalue weighted by Gasteiger charge is -2.19.